The smallest absolute Gasteiger partial charge is 0.261 e. The highest BCUT2D eigenvalue weighted by Gasteiger charge is 2.19. The molecule has 2 N–H and O–H groups in total. The van der Waals surface area contributed by atoms with E-state index in [-0.39, 0.29) is 15.7 Å². The number of phenols is 1. The van der Waals surface area contributed by atoms with Gasteiger partial charge in [0.1, 0.15) is 5.75 Å². The number of nitrogens with one attached hydrogen (secondary N) is 1. The summed E-state index contributed by atoms with van der Waals surface area (Å²) in [6.45, 7) is 3.34. The SMILES string of the molecule is Cc1cc(O)c(Cl)c(C)c1NS(=O)(=O)c1ccc(Br)cc1. The van der Waals surface area contributed by atoms with Crippen molar-refractivity contribution >= 4 is 43.2 Å². The molecule has 2 rings (SSSR count). The highest BCUT2D eigenvalue weighted by molar-refractivity contribution is 9.10. The Bertz CT molecular complexity index is 789. The normalized spacial score (nSPS) is 11.4. The van der Waals surface area contributed by atoms with Crippen molar-refractivity contribution in [1.82, 2.24) is 0 Å². The maximum Gasteiger partial charge on any atom is 0.261 e. The fourth-order valence-corrected chi connectivity index (χ4v) is 3.51. The van der Waals surface area contributed by atoms with Gasteiger partial charge in [-0.05, 0) is 55.3 Å². The van der Waals surface area contributed by atoms with Gasteiger partial charge < -0.3 is 5.11 Å². The van der Waals surface area contributed by atoms with E-state index in [4.69, 9.17) is 11.6 Å². The number of rotatable bonds is 3. The molecule has 0 unspecified atom stereocenters. The molecule has 7 heteroatoms. The van der Waals surface area contributed by atoms with Crippen LogP contribution in [0.1, 0.15) is 11.1 Å². The number of sulfonamides is 1. The maximum atomic E-state index is 12.4. The average molecular weight is 391 g/mol. The lowest BCUT2D eigenvalue weighted by atomic mass is 10.1. The first-order chi connectivity index (χ1) is 9.72. The van der Waals surface area contributed by atoms with E-state index in [9.17, 15) is 13.5 Å². The largest absolute Gasteiger partial charge is 0.506 e. The van der Waals surface area contributed by atoms with Gasteiger partial charge in [0, 0.05) is 4.47 Å². The fourth-order valence-electron chi connectivity index (χ4n) is 1.90. The molecule has 0 heterocycles. The van der Waals surface area contributed by atoms with Crippen LogP contribution in [0.4, 0.5) is 5.69 Å². The van der Waals surface area contributed by atoms with Crippen LogP contribution in [0.3, 0.4) is 0 Å². The van der Waals surface area contributed by atoms with Crippen molar-refractivity contribution in [2.75, 3.05) is 4.72 Å². The van der Waals surface area contributed by atoms with Gasteiger partial charge in [0.25, 0.3) is 10.0 Å². The number of hydrogen-bond acceptors (Lipinski definition) is 3. The molecule has 0 atom stereocenters. The van der Waals surface area contributed by atoms with Crippen LogP contribution in [0, 0.1) is 13.8 Å². The summed E-state index contributed by atoms with van der Waals surface area (Å²) in [6, 6.07) is 7.73. The topological polar surface area (TPSA) is 66.4 Å². The molecule has 0 spiro atoms. The van der Waals surface area contributed by atoms with Gasteiger partial charge >= 0.3 is 0 Å². The zero-order valence-corrected chi connectivity index (χ0v) is 14.5. The summed E-state index contributed by atoms with van der Waals surface area (Å²) >= 11 is 9.22. The monoisotopic (exact) mass is 389 g/mol. The Labute approximate surface area is 136 Å². The zero-order chi connectivity index (χ0) is 15.8. The van der Waals surface area contributed by atoms with Crippen molar-refractivity contribution < 1.29 is 13.5 Å². The quantitative estimate of drug-likeness (QED) is 0.771. The van der Waals surface area contributed by atoms with E-state index < -0.39 is 10.0 Å². The van der Waals surface area contributed by atoms with Crippen molar-refractivity contribution in [3.63, 3.8) is 0 Å². The average Bonchev–Trinajstić information content (AvgIpc) is 2.42. The molecule has 0 fully saturated rings. The minimum absolute atomic E-state index is 0.0711. The number of halogens is 2. The molecule has 2 aromatic carbocycles. The summed E-state index contributed by atoms with van der Waals surface area (Å²) in [6.07, 6.45) is 0. The molecule has 0 aliphatic carbocycles. The van der Waals surface area contributed by atoms with Crippen LogP contribution in [-0.4, -0.2) is 13.5 Å². The molecule has 0 radical (unpaired) electrons. The first-order valence-electron chi connectivity index (χ1n) is 5.99. The van der Waals surface area contributed by atoms with E-state index in [1.165, 1.54) is 18.2 Å². The molecular weight excluding hydrogens is 378 g/mol. The number of hydrogen-bond donors (Lipinski definition) is 2. The highest BCUT2D eigenvalue weighted by atomic mass is 79.9. The third-order valence-corrected chi connectivity index (χ3v) is 5.41. The highest BCUT2D eigenvalue weighted by Crippen LogP contribution is 2.35. The minimum atomic E-state index is -3.72. The Balaban J connectivity index is 2.47. The lowest BCUT2D eigenvalue weighted by Crippen LogP contribution is -2.14. The van der Waals surface area contributed by atoms with Gasteiger partial charge in [-0.25, -0.2) is 8.42 Å². The molecule has 4 nitrogen and oxygen atoms in total. The predicted molar refractivity (Wildman–Crippen MR) is 87.5 cm³/mol. The Hall–Kier alpha value is -1.24. The van der Waals surface area contributed by atoms with E-state index in [1.807, 2.05) is 0 Å². The van der Waals surface area contributed by atoms with Crippen LogP contribution in [0.15, 0.2) is 39.7 Å². The molecule has 0 aliphatic rings. The van der Waals surface area contributed by atoms with Gasteiger partial charge in [0.2, 0.25) is 0 Å². The van der Waals surface area contributed by atoms with Crippen molar-refractivity contribution in [2.24, 2.45) is 0 Å². The van der Waals surface area contributed by atoms with Gasteiger partial charge in [0.15, 0.2) is 0 Å². The number of anilines is 1. The Kier molecular flexibility index (Phi) is 4.51. The maximum absolute atomic E-state index is 12.4. The van der Waals surface area contributed by atoms with Gasteiger partial charge in [0.05, 0.1) is 15.6 Å². The second-order valence-electron chi connectivity index (χ2n) is 4.59. The van der Waals surface area contributed by atoms with Crippen molar-refractivity contribution in [1.29, 1.82) is 0 Å². The second kappa shape index (κ2) is 5.87. The molecule has 21 heavy (non-hydrogen) atoms. The van der Waals surface area contributed by atoms with E-state index in [1.54, 1.807) is 26.0 Å². The Morgan fingerprint density at radius 3 is 2.33 bits per heavy atom. The standard InChI is InChI=1S/C14H13BrClNO3S/c1-8-7-12(18)13(16)9(2)14(8)17-21(19,20)11-5-3-10(15)4-6-11/h3-7,17-18H,1-2H3. The lowest BCUT2D eigenvalue weighted by molar-refractivity contribution is 0.475. The summed E-state index contributed by atoms with van der Waals surface area (Å²) in [5.74, 6) is -0.0711. The molecule has 0 aliphatic heterocycles. The van der Waals surface area contributed by atoms with Crippen LogP contribution in [-0.2, 0) is 10.0 Å². The number of phenolic OH excluding ortho intramolecular Hbond substituents is 1. The van der Waals surface area contributed by atoms with E-state index >= 15 is 0 Å². The number of aromatic hydroxyl groups is 1. The summed E-state index contributed by atoms with van der Waals surface area (Å²) in [7, 11) is -3.72. The molecule has 0 aromatic heterocycles. The van der Waals surface area contributed by atoms with Crippen molar-refractivity contribution in [2.45, 2.75) is 18.7 Å². The van der Waals surface area contributed by atoms with Gasteiger partial charge in [-0.15, -0.1) is 0 Å². The van der Waals surface area contributed by atoms with Gasteiger partial charge in [-0.3, -0.25) is 4.72 Å². The third-order valence-electron chi connectivity index (χ3n) is 3.04. The van der Waals surface area contributed by atoms with E-state index in [0.29, 0.717) is 16.8 Å². The molecule has 0 saturated carbocycles. The van der Waals surface area contributed by atoms with Gasteiger partial charge in [-0.2, -0.15) is 0 Å². The van der Waals surface area contributed by atoms with E-state index in [0.717, 1.165) is 4.47 Å². The predicted octanol–water partition coefficient (Wildman–Crippen LogP) is 4.23. The van der Waals surface area contributed by atoms with Gasteiger partial charge in [-0.1, -0.05) is 27.5 Å². The zero-order valence-electron chi connectivity index (χ0n) is 11.3. The summed E-state index contributed by atoms with van der Waals surface area (Å²) in [5, 5.41) is 9.77. The fraction of sp³-hybridized carbons (Fsp3) is 0.143. The first kappa shape index (κ1) is 16.1. The summed E-state index contributed by atoms with van der Waals surface area (Å²) in [5.41, 5.74) is 1.45. The van der Waals surface area contributed by atoms with Crippen LogP contribution in [0.5, 0.6) is 5.75 Å². The molecular formula is C14H13BrClNO3S. The second-order valence-corrected chi connectivity index (χ2v) is 7.56. The summed E-state index contributed by atoms with van der Waals surface area (Å²) in [4.78, 5) is 0.147. The molecule has 0 amide bonds. The van der Waals surface area contributed by atoms with E-state index in [2.05, 4.69) is 20.7 Å². The number of benzene rings is 2. The molecule has 112 valence electrons. The molecule has 0 saturated heterocycles. The van der Waals surface area contributed by atoms with Crippen LogP contribution in [0.25, 0.3) is 0 Å². The lowest BCUT2D eigenvalue weighted by Gasteiger charge is -2.15. The van der Waals surface area contributed by atoms with Crippen LogP contribution < -0.4 is 4.72 Å². The summed E-state index contributed by atoms with van der Waals surface area (Å²) < 4.78 is 28.1. The minimum Gasteiger partial charge on any atom is -0.506 e. The molecule has 2 aromatic rings. The number of aryl methyl sites for hydroxylation is 1. The molecule has 0 bridgehead atoms. The first-order valence-corrected chi connectivity index (χ1v) is 8.65. The Morgan fingerprint density at radius 2 is 1.76 bits per heavy atom. The third kappa shape index (κ3) is 3.33. The Morgan fingerprint density at radius 1 is 1.19 bits per heavy atom. The van der Waals surface area contributed by atoms with Crippen molar-refractivity contribution in [3.8, 4) is 5.75 Å². The van der Waals surface area contributed by atoms with Crippen LogP contribution >= 0.6 is 27.5 Å². The van der Waals surface area contributed by atoms with Crippen molar-refractivity contribution in [3.05, 3.63) is 51.0 Å². The van der Waals surface area contributed by atoms with Crippen LogP contribution in [0.2, 0.25) is 5.02 Å².